The molecular formula is C15H22N2O3. The molecule has 2 rings (SSSR count). The highest BCUT2D eigenvalue weighted by Gasteiger charge is 2.21. The topological polar surface area (TPSA) is 64.4 Å². The monoisotopic (exact) mass is 278 g/mol. The molecule has 1 aliphatic rings. The van der Waals surface area contributed by atoms with Gasteiger partial charge in [0.25, 0.3) is 0 Å². The van der Waals surface area contributed by atoms with Crippen molar-refractivity contribution in [2.75, 3.05) is 6.61 Å². The fourth-order valence-electron chi connectivity index (χ4n) is 1.84. The second-order valence-electron chi connectivity index (χ2n) is 5.54. The second kappa shape index (κ2) is 6.70. The first kappa shape index (κ1) is 14.8. The molecule has 1 atom stereocenters. The molecule has 5 heteroatoms. The number of benzene rings is 1. The van der Waals surface area contributed by atoms with Crippen molar-refractivity contribution in [3.8, 4) is 5.75 Å². The first-order valence-corrected chi connectivity index (χ1v) is 7.23. The molecule has 1 aliphatic carbocycles. The quantitative estimate of drug-likeness (QED) is 0.585. The van der Waals surface area contributed by atoms with Gasteiger partial charge in [-0.05, 0) is 30.4 Å². The molecule has 0 bridgehead atoms. The molecule has 1 N–H and O–H groups in total. The third-order valence-electron chi connectivity index (χ3n) is 3.61. The number of nitro groups is 1. The van der Waals surface area contributed by atoms with Crippen LogP contribution in [-0.2, 0) is 6.54 Å². The highest BCUT2D eigenvalue weighted by atomic mass is 16.6. The molecule has 1 aromatic rings. The van der Waals surface area contributed by atoms with Crippen LogP contribution in [0.1, 0.15) is 38.7 Å². The van der Waals surface area contributed by atoms with Crippen molar-refractivity contribution in [2.24, 2.45) is 5.92 Å². The van der Waals surface area contributed by atoms with Crippen LogP contribution < -0.4 is 10.1 Å². The van der Waals surface area contributed by atoms with Gasteiger partial charge in [-0.1, -0.05) is 26.3 Å². The molecule has 0 radical (unpaired) electrons. The Balaban J connectivity index is 2.03. The number of nitro benzene ring substituents is 1. The summed E-state index contributed by atoms with van der Waals surface area (Å²) >= 11 is 0. The Morgan fingerprint density at radius 3 is 2.85 bits per heavy atom. The Morgan fingerprint density at radius 1 is 1.50 bits per heavy atom. The van der Waals surface area contributed by atoms with E-state index in [1.807, 2.05) is 6.07 Å². The summed E-state index contributed by atoms with van der Waals surface area (Å²) in [5, 5.41) is 14.5. The normalized spacial score (nSPS) is 15.9. The summed E-state index contributed by atoms with van der Waals surface area (Å²) in [6.45, 7) is 5.34. The van der Waals surface area contributed by atoms with Gasteiger partial charge in [0, 0.05) is 18.7 Å². The lowest BCUT2D eigenvalue weighted by Gasteiger charge is -2.12. The maximum atomic E-state index is 11.1. The van der Waals surface area contributed by atoms with Gasteiger partial charge in [0.15, 0.2) is 5.75 Å². The van der Waals surface area contributed by atoms with E-state index in [2.05, 4.69) is 19.2 Å². The van der Waals surface area contributed by atoms with Gasteiger partial charge in [0.1, 0.15) is 0 Å². The van der Waals surface area contributed by atoms with Gasteiger partial charge in [-0.15, -0.1) is 0 Å². The number of nitrogens with zero attached hydrogens (tertiary/aromatic N) is 1. The van der Waals surface area contributed by atoms with Crippen molar-refractivity contribution in [3.63, 3.8) is 0 Å². The Bertz CT molecular complexity index is 472. The molecule has 0 spiro atoms. The minimum atomic E-state index is -0.368. The molecule has 1 fully saturated rings. The maximum absolute atomic E-state index is 11.1. The highest BCUT2D eigenvalue weighted by molar-refractivity contribution is 5.48. The molecule has 1 saturated carbocycles. The maximum Gasteiger partial charge on any atom is 0.311 e. The first-order valence-electron chi connectivity index (χ1n) is 7.23. The summed E-state index contributed by atoms with van der Waals surface area (Å²) in [4.78, 5) is 10.8. The molecular weight excluding hydrogens is 256 g/mol. The van der Waals surface area contributed by atoms with Crippen LogP contribution in [0.2, 0.25) is 0 Å². The van der Waals surface area contributed by atoms with E-state index in [4.69, 9.17) is 4.74 Å². The van der Waals surface area contributed by atoms with E-state index in [1.165, 1.54) is 12.8 Å². The van der Waals surface area contributed by atoms with E-state index in [-0.39, 0.29) is 10.6 Å². The van der Waals surface area contributed by atoms with Gasteiger partial charge in [-0.3, -0.25) is 10.1 Å². The lowest BCUT2D eigenvalue weighted by molar-refractivity contribution is -0.386. The van der Waals surface area contributed by atoms with Crippen LogP contribution in [0.3, 0.4) is 0 Å². The van der Waals surface area contributed by atoms with Crippen molar-refractivity contribution in [3.05, 3.63) is 33.9 Å². The second-order valence-corrected chi connectivity index (χ2v) is 5.54. The molecule has 20 heavy (non-hydrogen) atoms. The van der Waals surface area contributed by atoms with E-state index in [0.29, 0.717) is 30.9 Å². The zero-order valence-electron chi connectivity index (χ0n) is 12.1. The summed E-state index contributed by atoms with van der Waals surface area (Å²) in [6, 6.07) is 5.82. The predicted molar refractivity (Wildman–Crippen MR) is 77.9 cm³/mol. The van der Waals surface area contributed by atoms with Gasteiger partial charge in [-0.25, -0.2) is 0 Å². The van der Waals surface area contributed by atoms with Crippen LogP contribution in [0, 0.1) is 16.0 Å². The van der Waals surface area contributed by atoms with Gasteiger partial charge in [0.2, 0.25) is 0 Å². The van der Waals surface area contributed by atoms with Crippen molar-refractivity contribution in [1.82, 2.24) is 5.32 Å². The minimum absolute atomic E-state index is 0.0587. The molecule has 0 saturated heterocycles. The minimum Gasteiger partial charge on any atom is -0.487 e. The lowest BCUT2D eigenvalue weighted by atomic mass is 10.1. The summed E-state index contributed by atoms with van der Waals surface area (Å²) in [5.41, 5.74) is 0.989. The molecule has 0 aliphatic heterocycles. The third-order valence-corrected chi connectivity index (χ3v) is 3.61. The van der Waals surface area contributed by atoms with E-state index >= 15 is 0 Å². The van der Waals surface area contributed by atoms with Crippen LogP contribution in [0.4, 0.5) is 5.69 Å². The Labute approximate surface area is 119 Å². The highest BCUT2D eigenvalue weighted by Crippen LogP contribution is 2.29. The molecule has 1 aromatic carbocycles. The average Bonchev–Trinajstić information content (AvgIpc) is 3.26. The third kappa shape index (κ3) is 4.20. The van der Waals surface area contributed by atoms with E-state index in [9.17, 15) is 10.1 Å². The SMILES string of the molecule is CCC(C)COc1ccc(CNC2CC2)cc1[N+](=O)[O-]. The van der Waals surface area contributed by atoms with Gasteiger partial charge in [-0.2, -0.15) is 0 Å². The Morgan fingerprint density at radius 2 is 2.25 bits per heavy atom. The zero-order chi connectivity index (χ0) is 14.5. The van der Waals surface area contributed by atoms with Gasteiger partial charge >= 0.3 is 5.69 Å². The number of nitrogens with one attached hydrogen (secondary N) is 1. The van der Waals surface area contributed by atoms with Crippen molar-refractivity contribution in [2.45, 2.75) is 45.7 Å². The van der Waals surface area contributed by atoms with Crippen LogP contribution in [0.25, 0.3) is 0 Å². The summed E-state index contributed by atoms with van der Waals surface area (Å²) in [6.07, 6.45) is 3.41. The lowest BCUT2D eigenvalue weighted by Crippen LogP contribution is -2.15. The summed E-state index contributed by atoms with van der Waals surface area (Å²) < 4.78 is 5.58. The van der Waals surface area contributed by atoms with Crippen LogP contribution in [0.5, 0.6) is 5.75 Å². The van der Waals surface area contributed by atoms with Gasteiger partial charge < -0.3 is 10.1 Å². The molecule has 1 unspecified atom stereocenters. The summed E-state index contributed by atoms with van der Waals surface area (Å²) in [7, 11) is 0. The van der Waals surface area contributed by atoms with Crippen molar-refractivity contribution < 1.29 is 9.66 Å². The van der Waals surface area contributed by atoms with E-state index < -0.39 is 0 Å². The molecule has 0 amide bonds. The van der Waals surface area contributed by atoms with Crippen molar-refractivity contribution >= 4 is 5.69 Å². The summed E-state index contributed by atoms with van der Waals surface area (Å²) in [5.74, 6) is 0.760. The molecule has 110 valence electrons. The molecule has 0 aromatic heterocycles. The molecule has 0 heterocycles. The number of rotatable bonds is 8. The van der Waals surface area contributed by atoms with Gasteiger partial charge in [0.05, 0.1) is 11.5 Å². The first-order chi connectivity index (χ1) is 9.60. The van der Waals surface area contributed by atoms with Crippen LogP contribution in [0.15, 0.2) is 18.2 Å². The van der Waals surface area contributed by atoms with Crippen LogP contribution in [-0.4, -0.2) is 17.6 Å². The number of hydrogen-bond acceptors (Lipinski definition) is 4. The smallest absolute Gasteiger partial charge is 0.311 e. The Hall–Kier alpha value is -1.62. The largest absolute Gasteiger partial charge is 0.487 e. The van der Waals surface area contributed by atoms with E-state index in [0.717, 1.165) is 12.0 Å². The number of hydrogen-bond donors (Lipinski definition) is 1. The van der Waals surface area contributed by atoms with Crippen LogP contribution >= 0.6 is 0 Å². The predicted octanol–water partition coefficient (Wildman–Crippen LogP) is 3.27. The average molecular weight is 278 g/mol. The fraction of sp³-hybridized carbons (Fsp3) is 0.600. The molecule has 5 nitrogen and oxygen atoms in total. The van der Waals surface area contributed by atoms with E-state index in [1.54, 1.807) is 12.1 Å². The van der Waals surface area contributed by atoms with Crippen molar-refractivity contribution in [1.29, 1.82) is 0 Å². The fourth-order valence-corrected chi connectivity index (χ4v) is 1.84. The zero-order valence-corrected chi connectivity index (χ0v) is 12.1. The standard InChI is InChI=1S/C15H22N2O3/c1-3-11(2)10-20-15-7-4-12(8-14(15)17(18)19)9-16-13-5-6-13/h4,7-8,11,13,16H,3,5-6,9-10H2,1-2H3. The number of ether oxygens (including phenoxy) is 1. The Kier molecular flexibility index (Phi) is 4.95.